The zero-order valence-corrected chi connectivity index (χ0v) is 22.6. The first-order valence-corrected chi connectivity index (χ1v) is 13.2. The van der Waals surface area contributed by atoms with Crippen LogP contribution in [0.1, 0.15) is 33.6 Å². The Morgan fingerprint density at radius 2 is 1.89 bits per heavy atom. The van der Waals surface area contributed by atoms with Gasteiger partial charge < -0.3 is 67.4 Å². The van der Waals surface area contributed by atoms with Crippen LogP contribution in [0.3, 0.4) is 0 Å². The molecule has 3 rings (SSSR count). The van der Waals surface area contributed by atoms with Gasteiger partial charge in [0.2, 0.25) is 12.2 Å². The highest BCUT2D eigenvalue weighted by molar-refractivity contribution is 5.81. The van der Waals surface area contributed by atoms with Crippen molar-refractivity contribution in [2.75, 3.05) is 26.7 Å². The molecule has 14 heteroatoms. The van der Waals surface area contributed by atoms with Crippen molar-refractivity contribution < 1.29 is 39.1 Å². The maximum absolute atomic E-state index is 11.8. The van der Waals surface area contributed by atoms with E-state index < -0.39 is 66.8 Å². The van der Waals surface area contributed by atoms with Crippen molar-refractivity contribution >= 4 is 5.91 Å². The van der Waals surface area contributed by atoms with Crippen molar-refractivity contribution in [3.05, 3.63) is 11.8 Å². The van der Waals surface area contributed by atoms with Gasteiger partial charge in [0.1, 0.15) is 35.8 Å². The maximum atomic E-state index is 11.8. The summed E-state index contributed by atoms with van der Waals surface area (Å²) in [6.45, 7) is 5.70. The number of aliphatic hydroxyl groups is 3. The topological polar surface area (TPSA) is 229 Å². The third kappa shape index (κ3) is 7.20. The highest BCUT2D eigenvalue weighted by atomic mass is 16.7. The van der Waals surface area contributed by atoms with Gasteiger partial charge in [-0.2, -0.15) is 0 Å². The molecule has 0 radical (unpaired) electrons. The first-order valence-electron chi connectivity index (χ1n) is 13.2. The summed E-state index contributed by atoms with van der Waals surface area (Å²) >= 11 is 0. The third-order valence-corrected chi connectivity index (χ3v) is 7.29. The zero-order chi connectivity index (χ0) is 28.2. The van der Waals surface area contributed by atoms with E-state index in [1.165, 1.54) is 0 Å². The number of rotatable bonds is 10. The first-order chi connectivity index (χ1) is 17.9. The van der Waals surface area contributed by atoms with Crippen molar-refractivity contribution in [2.24, 2.45) is 17.2 Å². The molecular weight excluding hydrogens is 500 g/mol. The van der Waals surface area contributed by atoms with Crippen LogP contribution in [0.15, 0.2) is 11.8 Å². The Hall–Kier alpha value is -1.43. The Morgan fingerprint density at radius 3 is 2.53 bits per heavy atom. The predicted molar refractivity (Wildman–Crippen MR) is 137 cm³/mol. The van der Waals surface area contributed by atoms with E-state index in [9.17, 15) is 20.1 Å². The molecule has 1 saturated carbocycles. The Labute approximate surface area is 223 Å². The number of hydrogen-bond donors (Lipinski definition) is 9. The van der Waals surface area contributed by atoms with Crippen LogP contribution in [0.5, 0.6) is 0 Å². The number of carbonyl (C=O) groups is 1. The van der Waals surface area contributed by atoms with E-state index in [0.717, 1.165) is 0 Å². The summed E-state index contributed by atoms with van der Waals surface area (Å²) < 4.78 is 23.8. The molecule has 12 N–H and O–H groups in total. The van der Waals surface area contributed by atoms with Gasteiger partial charge in [0.15, 0.2) is 6.29 Å². The van der Waals surface area contributed by atoms with Gasteiger partial charge in [-0.15, -0.1) is 0 Å². The van der Waals surface area contributed by atoms with E-state index in [0.29, 0.717) is 25.1 Å². The van der Waals surface area contributed by atoms with E-state index in [2.05, 4.69) is 16.0 Å². The molecule has 0 aromatic heterocycles. The minimum Gasteiger partial charge on any atom is -0.466 e. The largest absolute Gasteiger partial charge is 0.466 e. The molecule has 38 heavy (non-hydrogen) atoms. The predicted octanol–water partition coefficient (Wildman–Crippen LogP) is -3.70. The van der Waals surface area contributed by atoms with Crippen LogP contribution in [0.2, 0.25) is 0 Å². The number of aliphatic hydroxyl groups excluding tert-OH is 2. The molecule has 1 aliphatic carbocycles. The fourth-order valence-electron chi connectivity index (χ4n) is 5.17. The van der Waals surface area contributed by atoms with Crippen LogP contribution in [0, 0.1) is 0 Å². The standard InChI is InChI=1S/C24H46N6O8/c1-5-29-15-8-14(27)18(37-22-13(26)7-6-12(36-22)9-30-21(33)11(2)25)16(31)19(15)38-23-17(32)20(28-4)24(3,34)10-35-23/h6,11,13-20,22-23,28-29,31-32,34H,5,7-10,25-27H2,1-4H3,(H,30,33). The van der Waals surface area contributed by atoms with Gasteiger partial charge in [0.25, 0.3) is 0 Å². The Bertz CT molecular complexity index is 817. The van der Waals surface area contributed by atoms with Gasteiger partial charge in [-0.3, -0.25) is 4.79 Å². The van der Waals surface area contributed by atoms with Crippen molar-refractivity contribution in [1.82, 2.24) is 16.0 Å². The van der Waals surface area contributed by atoms with Gasteiger partial charge in [-0.25, -0.2) is 0 Å². The van der Waals surface area contributed by atoms with E-state index in [1.54, 1.807) is 27.0 Å². The van der Waals surface area contributed by atoms with Crippen molar-refractivity contribution in [1.29, 1.82) is 0 Å². The van der Waals surface area contributed by atoms with Gasteiger partial charge in [0.05, 0.1) is 31.3 Å². The van der Waals surface area contributed by atoms with Crippen LogP contribution in [0.4, 0.5) is 0 Å². The average Bonchev–Trinajstić information content (AvgIpc) is 2.85. The van der Waals surface area contributed by atoms with Crippen LogP contribution in [-0.2, 0) is 23.7 Å². The minimum absolute atomic E-state index is 0.0757. The van der Waals surface area contributed by atoms with Gasteiger partial charge in [-0.1, -0.05) is 6.92 Å². The smallest absolute Gasteiger partial charge is 0.237 e. The summed E-state index contributed by atoms with van der Waals surface area (Å²) in [5, 5.41) is 41.7. The van der Waals surface area contributed by atoms with E-state index in [-0.39, 0.29) is 25.1 Å². The molecular formula is C24H46N6O8. The Balaban J connectivity index is 1.70. The molecule has 2 fully saturated rings. The fourth-order valence-corrected chi connectivity index (χ4v) is 5.17. The SMILES string of the molecule is CCNC1CC(N)C(OC2OC(CNC(=O)C(C)N)=CCC2N)C(O)C1OC1OCC(C)(O)C(NC)C1O. The second-order valence-corrected chi connectivity index (χ2v) is 10.6. The molecule has 0 aromatic rings. The normalized spacial score (nSPS) is 42.6. The molecule has 3 aliphatic rings. The van der Waals surface area contributed by atoms with Gasteiger partial charge in [0, 0.05) is 12.1 Å². The van der Waals surface area contributed by atoms with E-state index in [4.69, 9.17) is 36.1 Å². The molecule has 0 bridgehead atoms. The molecule has 12 atom stereocenters. The molecule has 14 nitrogen and oxygen atoms in total. The first kappa shape index (κ1) is 31.1. The summed E-state index contributed by atoms with van der Waals surface area (Å²) in [6, 6.07) is -2.85. The van der Waals surface area contributed by atoms with Gasteiger partial charge in [-0.05, 0) is 46.4 Å². The van der Waals surface area contributed by atoms with Crippen LogP contribution >= 0.6 is 0 Å². The summed E-state index contributed by atoms with van der Waals surface area (Å²) in [7, 11) is 1.63. The third-order valence-electron chi connectivity index (χ3n) is 7.29. The number of nitrogens with one attached hydrogen (secondary N) is 3. The summed E-state index contributed by atoms with van der Waals surface area (Å²) in [4.78, 5) is 11.8. The minimum atomic E-state index is -1.31. The molecule has 0 spiro atoms. The lowest BCUT2D eigenvalue weighted by Crippen LogP contribution is -2.69. The lowest BCUT2D eigenvalue weighted by Gasteiger charge is -2.49. The number of likely N-dealkylation sites (N-methyl/N-ethyl adjacent to an activating group) is 2. The second kappa shape index (κ2) is 13.3. The maximum Gasteiger partial charge on any atom is 0.237 e. The van der Waals surface area contributed by atoms with E-state index >= 15 is 0 Å². The van der Waals surface area contributed by atoms with Crippen LogP contribution in [0.25, 0.3) is 0 Å². The van der Waals surface area contributed by atoms with Crippen LogP contribution in [-0.4, -0.2) is 121 Å². The molecule has 12 unspecified atom stereocenters. The average molecular weight is 547 g/mol. The quantitative estimate of drug-likeness (QED) is 0.129. The fraction of sp³-hybridized carbons (Fsp3) is 0.875. The summed E-state index contributed by atoms with van der Waals surface area (Å²) in [5.74, 6) is 0.141. The second-order valence-electron chi connectivity index (χ2n) is 10.6. The highest BCUT2D eigenvalue weighted by Crippen LogP contribution is 2.32. The lowest BCUT2D eigenvalue weighted by atomic mass is 9.83. The van der Waals surface area contributed by atoms with Crippen LogP contribution < -0.4 is 33.2 Å². The summed E-state index contributed by atoms with van der Waals surface area (Å²) in [6.07, 6.45) is -3.65. The lowest BCUT2D eigenvalue weighted by molar-refractivity contribution is -0.304. The number of carbonyl (C=O) groups excluding carboxylic acids is 1. The number of ether oxygens (including phenoxy) is 4. The van der Waals surface area contributed by atoms with Crippen molar-refractivity contribution in [3.63, 3.8) is 0 Å². The van der Waals surface area contributed by atoms with Crippen molar-refractivity contribution in [2.45, 2.75) is 106 Å². The highest BCUT2D eigenvalue weighted by Gasteiger charge is 2.51. The molecule has 1 amide bonds. The molecule has 1 saturated heterocycles. The molecule has 2 heterocycles. The summed E-state index contributed by atoms with van der Waals surface area (Å²) in [5.41, 5.74) is 16.9. The molecule has 0 aromatic carbocycles. The van der Waals surface area contributed by atoms with Gasteiger partial charge >= 0.3 is 0 Å². The number of hydrogen-bond acceptors (Lipinski definition) is 13. The molecule has 220 valence electrons. The number of amides is 1. The Morgan fingerprint density at radius 1 is 1.21 bits per heavy atom. The number of nitrogens with two attached hydrogens (primary N) is 3. The van der Waals surface area contributed by atoms with E-state index in [1.807, 2.05) is 6.92 Å². The Kier molecular flexibility index (Phi) is 10.9. The molecule has 2 aliphatic heterocycles. The monoisotopic (exact) mass is 546 g/mol. The van der Waals surface area contributed by atoms with Crippen molar-refractivity contribution in [3.8, 4) is 0 Å². The zero-order valence-electron chi connectivity index (χ0n) is 22.6.